The van der Waals surface area contributed by atoms with Crippen LogP contribution in [0, 0.1) is 25.6 Å². The third-order valence-electron chi connectivity index (χ3n) is 10.2. The molecule has 7 rings (SSSR count). The van der Waals surface area contributed by atoms with Gasteiger partial charge in [-0.25, -0.2) is 27.8 Å². The molecule has 1 unspecified atom stereocenters. The predicted octanol–water partition coefficient (Wildman–Crippen LogP) is 2.33. The Morgan fingerprint density at radius 1 is 1.04 bits per heavy atom. The number of aromatic nitrogens is 4. The number of hydrogen-bond donors (Lipinski definition) is 3. The van der Waals surface area contributed by atoms with E-state index in [1.165, 1.54) is 35.5 Å². The van der Waals surface area contributed by atoms with E-state index in [1.807, 2.05) is 12.2 Å². The molecule has 2 aliphatic carbocycles. The number of carbonyl (C=O) groups is 4. The van der Waals surface area contributed by atoms with Crippen LogP contribution in [0.3, 0.4) is 0 Å². The van der Waals surface area contributed by atoms with Gasteiger partial charge in [-0.05, 0) is 64.5 Å². The average molecular weight is 749 g/mol. The highest BCUT2D eigenvalue weighted by Gasteiger charge is 2.62. The highest BCUT2D eigenvalue weighted by molar-refractivity contribution is 7.91. The molecule has 280 valence electrons. The van der Waals surface area contributed by atoms with Crippen molar-refractivity contribution in [3.8, 4) is 5.88 Å². The summed E-state index contributed by atoms with van der Waals surface area (Å²) in [5, 5.41) is 4.98. The molecule has 5 atom stereocenters. The van der Waals surface area contributed by atoms with Gasteiger partial charge in [0.25, 0.3) is 11.8 Å². The molecule has 3 N–H and O–H groups in total. The van der Waals surface area contributed by atoms with E-state index in [9.17, 15) is 32.0 Å². The summed E-state index contributed by atoms with van der Waals surface area (Å²) in [6.07, 6.45) is 9.84. The van der Waals surface area contributed by atoms with E-state index in [0.717, 1.165) is 12.8 Å². The van der Waals surface area contributed by atoms with Gasteiger partial charge in [0.15, 0.2) is 0 Å². The van der Waals surface area contributed by atoms with Gasteiger partial charge in [-0.1, -0.05) is 25.0 Å². The van der Waals surface area contributed by atoms with Crippen molar-refractivity contribution in [3.63, 3.8) is 0 Å². The van der Waals surface area contributed by atoms with Gasteiger partial charge < -0.3 is 20.3 Å². The zero-order chi connectivity index (χ0) is 37.5. The zero-order valence-corrected chi connectivity index (χ0v) is 30.2. The normalized spacial score (nSPS) is 27.0. The first-order chi connectivity index (χ1) is 25.3. The Morgan fingerprint density at radius 2 is 1.85 bits per heavy atom. The molecule has 1 saturated heterocycles. The molecule has 3 aromatic rings. The molecule has 2 aromatic heterocycles. The van der Waals surface area contributed by atoms with E-state index < -0.39 is 74.4 Å². The van der Waals surface area contributed by atoms with Crippen molar-refractivity contribution in [2.24, 2.45) is 5.92 Å². The highest BCUT2D eigenvalue weighted by Crippen LogP contribution is 2.46. The number of halogens is 1. The van der Waals surface area contributed by atoms with Crippen LogP contribution in [0.1, 0.15) is 79.7 Å². The number of amides is 4. The van der Waals surface area contributed by atoms with Crippen molar-refractivity contribution in [3.05, 3.63) is 65.6 Å². The van der Waals surface area contributed by atoms with Crippen LogP contribution in [0.4, 0.5) is 4.39 Å². The largest absolute Gasteiger partial charge is 0.471 e. The van der Waals surface area contributed by atoms with E-state index in [1.54, 1.807) is 13.8 Å². The van der Waals surface area contributed by atoms with Crippen molar-refractivity contribution in [2.75, 3.05) is 6.54 Å². The summed E-state index contributed by atoms with van der Waals surface area (Å²) < 4.78 is 48.1. The number of allylic oxidation sites excluding steroid dienone is 1. The lowest BCUT2D eigenvalue weighted by atomic mass is 10.0. The Labute approximate surface area is 305 Å². The number of benzene rings is 1. The molecule has 0 spiro atoms. The molecule has 2 aliphatic heterocycles. The quantitative estimate of drug-likeness (QED) is 0.300. The van der Waals surface area contributed by atoms with Gasteiger partial charge in [-0.15, -0.1) is 0 Å². The van der Waals surface area contributed by atoms with Crippen LogP contribution < -0.4 is 20.1 Å². The number of sulfonamides is 1. The van der Waals surface area contributed by atoms with E-state index in [0.29, 0.717) is 42.6 Å². The Bertz CT molecular complexity index is 2090. The Morgan fingerprint density at radius 3 is 2.60 bits per heavy atom. The molecule has 4 amide bonds. The predicted molar refractivity (Wildman–Crippen MR) is 188 cm³/mol. The van der Waals surface area contributed by atoms with Gasteiger partial charge >= 0.3 is 0 Å². The van der Waals surface area contributed by atoms with Crippen LogP contribution in [0.25, 0.3) is 11.0 Å². The number of nitrogens with zero attached hydrogens (tertiary/aromatic N) is 5. The third kappa shape index (κ3) is 7.84. The maximum Gasteiger partial charge on any atom is 0.272 e. The first-order valence-corrected chi connectivity index (χ1v) is 19.4. The number of fused-ring (bicyclic) bond motifs is 3. The molecule has 1 aromatic carbocycles. The summed E-state index contributed by atoms with van der Waals surface area (Å²) in [5.41, 5.74) is 0.235. The van der Waals surface area contributed by atoms with Crippen molar-refractivity contribution in [2.45, 2.75) is 101 Å². The fourth-order valence-electron chi connectivity index (χ4n) is 6.96. The summed E-state index contributed by atoms with van der Waals surface area (Å²) in [5.74, 6) is -3.50. The molecule has 53 heavy (non-hydrogen) atoms. The standard InChI is InChI=1S/C36H41FN8O7S/c1-20-17-39-29(18-38-20)31(46)41-27-9-7-5-3-4-6-8-22-16-36(22,35(49)44-53(50,51)25-11-12-25)43-32(47)30-15-24(19-45(30)34(27)48)52-33-21(2)40-26-13-10-23(37)14-28(26)42-33/h6,8,10,13-14,17-18,22,24-25,27,30H,3-5,7,9,11-12,15-16,19H2,1-2H3,(H,41,46)(H,43,47)(H,44,49)/b8-6-/t22?,24-,27+,30+,36-/m1/s1. The van der Waals surface area contributed by atoms with Gasteiger partial charge in [-0.2, -0.15) is 0 Å². The molecule has 17 heteroatoms. The topological polar surface area (TPSA) is 203 Å². The maximum absolute atomic E-state index is 14.5. The molecule has 2 saturated carbocycles. The summed E-state index contributed by atoms with van der Waals surface area (Å²) >= 11 is 0. The molecule has 3 fully saturated rings. The van der Waals surface area contributed by atoms with Crippen molar-refractivity contribution in [1.82, 2.24) is 40.2 Å². The van der Waals surface area contributed by atoms with Gasteiger partial charge in [0.05, 0.1) is 34.7 Å². The highest BCUT2D eigenvalue weighted by atomic mass is 32.2. The van der Waals surface area contributed by atoms with Gasteiger partial charge in [0.2, 0.25) is 27.7 Å². The molecule has 4 heterocycles. The Hall–Kier alpha value is -5.06. The minimum Gasteiger partial charge on any atom is -0.471 e. The Kier molecular flexibility index (Phi) is 9.86. The minimum absolute atomic E-state index is 0.0250. The summed E-state index contributed by atoms with van der Waals surface area (Å²) in [7, 11) is -3.91. The van der Waals surface area contributed by atoms with Crippen molar-refractivity contribution >= 4 is 44.7 Å². The monoisotopic (exact) mass is 748 g/mol. The zero-order valence-electron chi connectivity index (χ0n) is 29.4. The number of carbonyl (C=O) groups excluding carboxylic acids is 4. The van der Waals surface area contributed by atoms with E-state index >= 15 is 0 Å². The van der Waals surface area contributed by atoms with Crippen LogP contribution >= 0.6 is 0 Å². The number of hydrogen-bond acceptors (Lipinski definition) is 11. The van der Waals surface area contributed by atoms with Gasteiger partial charge in [-0.3, -0.25) is 28.9 Å². The maximum atomic E-state index is 14.5. The fraction of sp³-hybridized carbons (Fsp3) is 0.500. The van der Waals surface area contributed by atoms with E-state index in [2.05, 4.69) is 35.3 Å². The number of rotatable bonds is 7. The second-order valence-corrected chi connectivity index (χ2v) is 16.3. The molecular weight excluding hydrogens is 708 g/mol. The SMILES string of the molecule is Cc1cnc(C(=O)N[C@H]2CCCCC/C=C\C3C[C@@]3(C(=O)NS(=O)(=O)C3CC3)NC(=O)[C@@H]3C[C@@H](Oc4nc5cc(F)ccc5nc4C)CN3C2=O)cn1. The minimum atomic E-state index is -3.91. The number of ether oxygens (including phenoxy) is 1. The first-order valence-electron chi connectivity index (χ1n) is 17.9. The van der Waals surface area contributed by atoms with Crippen LogP contribution in [0.5, 0.6) is 5.88 Å². The van der Waals surface area contributed by atoms with Crippen molar-refractivity contribution in [1.29, 1.82) is 0 Å². The van der Waals surface area contributed by atoms with Crippen LogP contribution in [-0.4, -0.2) is 92.4 Å². The first kappa shape index (κ1) is 36.3. The van der Waals surface area contributed by atoms with Gasteiger partial charge in [0, 0.05) is 24.6 Å². The van der Waals surface area contributed by atoms with E-state index in [4.69, 9.17) is 4.74 Å². The lowest BCUT2D eigenvalue weighted by Gasteiger charge is -2.29. The third-order valence-corrected chi connectivity index (χ3v) is 12.0. The number of aryl methyl sites for hydroxylation is 2. The number of nitrogens with one attached hydrogen (secondary N) is 3. The lowest BCUT2D eigenvalue weighted by molar-refractivity contribution is -0.141. The van der Waals surface area contributed by atoms with Crippen LogP contribution in [-0.2, 0) is 24.4 Å². The van der Waals surface area contributed by atoms with Gasteiger partial charge in [0.1, 0.15) is 40.9 Å². The van der Waals surface area contributed by atoms with E-state index in [-0.39, 0.29) is 42.9 Å². The lowest BCUT2D eigenvalue weighted by Crippen LogP contribution is -2.58. The smallest absolute Gasteiger partial charge is 0.272 e. The summed E-state index contributed by atoms with van der Waals surface area (Å²) in [6, 6.07) is 1.79. The molecular formula is C36H41FN8O7S. The van der Waals surface area contributed by atoms with Crippen molar-refractivity contribution < 1.29 is 36.7 Å². The fourth-order valence-corrected chi connectivity index (χ4v) is 8.32. The molecule has 15 nitrogen and oxygen atoms in total. The molecule has 4 aliphatic rings. The average Bonchev–Trinajstić information content (AvgIpc) is 4.04. The second-order valence-electron chi connectivity index (χ2n) is 14.3. The summed E-state index contributed by atoms with van der Waals surface area (Å²) in [4.78, 5) is 74.3. The summed E-state index contributed by atoms with van der Waals surface area (Å²) in [6.45, 7) is 3.32. The van der Waals surface area contributed by atoms with Crippen LogP contribution in [0.2, 0.25) is 0 Å². The molecule has 0 bridgehead atoms. The van der Waals surface area contributed by atoms with Crippen LogP contribution in [0.15, 0.2) is 42.7 Å². The second kappa shape index (κ2) is 14.4. The Balaban J connectivity index is 1.19. The molecule has 0 radical (unpaired) electrons.